The van der Waals surface area contributed by atoms with Crippen molar-refractivity contribution in [3.8, 4) is 5.75 Å². The lowest BCUT2D eigenvalue weighted by Crippen LogP contribution is -2.29. The molecule has 6 nitrogen and oxygen atoms in total. The smallest absolute Gasteiger partial charge is 0.341 e. The van der Waals surface area contributed by atoms with Crippen molar-refractivity contribution in [1.29, 1.82) is 0 Å². The Morgan fingerprint density at radius 1 is 1.04 bits per heavy atom. The molecule has 0 aromatic heterocycles. The molecule has 0 radical (unpaired) electrons. The van der Waals surface area contributed by atoms with Crippen LogP contribution in [0.5, 0.6) is 5.75 Å². The van der Waals surface area contributed by atoms with E-state index in [0.717, 1.165) is 5.56 Å². The fraction of sp³-hybridized carbons (Fsp3) is 0.105. The number of carboxylic acids is 1. The Hall–Kier alpha value is -3.41. The van der Waals surface area contributed by atoms with Crippen LogP contribution in [0.4, 0.5) is 0 Å². The molecule has 2 aromatic rings. The maximum absolute atomic E-state index is 12.2. The highest BCUT2D eigenvalue weighted by molar-refractivity contribution is 6.21. The summed E-state index contributed by atoms with van der Waals surface area (Å²) in [5, 5.41) is 8.62. The first-order valence-electron chi connectivity index (χ1n) is 7.62. The first-order chi connectivity index (χ1) is 12.1. The number of hydrogen-bond donors (Lipinski definition) is 1. The van der Waals surface area contributed by atoms with Crippen LogP contribution in [0.25, 0.3) is 6.08 Å². The van der Waals surface area contributed by atoms with Crippen molar-refractivity contribution in [2.45, 2.75) is 0 Å². The topological polar surface area (TPSA) is 83.9 Å². The van der Waals surface area contributed by atoms with Crippen LogP contribution in [-0.2, 0) is 4.79 Å². The second kappa shape index (κ2) is 7.00. The van der Waals surface area contributed by atoms with Crippen molar-refractivity contribution in [2.75, 3.05) is 13.2 Å². The van der Waals surface area contributed by atoms with Gasteiger partial charge < -0.3 is 9.84 Å². The zero-order valence-corrected chi connectivity index (χ0v) is 13.2. The van der Waals surface area contributed by atoms with E-state index in [0.29, 0.717) is 16.9 Å². The number of imide groups is 1. The number of carboxylic acid groups (broad SMARTS) is 1. The molecule has 2 amide bonds. The number of carbonyl (C=O) groups is 3. The van der Waals surface area contributed by atoms with Gasteiger partial charge in [0.05, 0.1) is 11.1 Å². The first kappa shape index (κ1) is 16.4. The summed E-state index contributed by atoms with van der Waals surface area (Å²) in [4.78, 5) is 36.2. The summed E-state index contributed by atoms with van der Waals surface area (Å²) in [5.41, 5.74) is 1.62. The molecule has 1 aliphatic rings. The number of fused-ring (bicyclic) bond motifs is 1. The van der Waals surface area contributed by atoms with E-state index in [1.54, 1.807) is 54.6 Å². The number of carbonyl (C=O) groups excluding carboxylic acids is 2. The fourth-order valence-electron chi connectivity index (χ4n) is 2.55. The molecule has 126 valence electrons. The maximum atomic E-state index is 12.2. The van der Waals surface area contributed by atoms with Crippen molar-refractivity contribution in [1.82, 2.24) is 4.90 Å². The molecule has 0 aliphatic carbocycles. The molecule has 25 heavy (non-hydrogen) atoms. The summed E-state index contributed by atoms with van der Waals surface area (Å²) in [6.45, 7) is -0.255. The molecule has 0 fully saturated rings. The van der Waals surface area contributed by atoms with Gasteiger partial charge in [-0.15, -0.1) is 0 Å². The average molecular weight is 337 g/mol. The van der Waals surface area contributed by atoms with Crippen LogP contribution in [0.2, 0.25) is 0 Å². The van der Waals surface area contributed by atoms with Crippen LogP contribution >= 0.6 is 0 Å². The predicted octanol–water partition coefficient (Wildman–Crippen LogP) is 2.46. The van der Waals surface area contributed by atoms with Gasteiger partial charge in [-0.2, -0.15) is 0 Å². The zero-order valence-electron chi connectivity index (χ0n) is 13.2. The molecule has 1 heterocycles. The van der Waals surface area contributed by atoms with Gasteiger partial charge in [-0.1, -0.05) is 36.4 Å². The molecule has 2 aromatic carbocycles. The number of hydrogen-bond acceptors (Lipinski definition) is 4. The van der Waals surface area contributed by atoms with Crippen LogP contribution in [0.15, 0.2) is 54.6 Å². The van der Waals surface area contributed by atoms with Crippen LogP contribution in [-0.4, -0.2) is 40.9 Å². The van der Waals surface area contributed by atoms with Gasteiger partial charge in [0, 0.05) is 6.54 Å². The molecule has 0 atom stereocenters. The van der Waals surface area contributed by atoms with Gasteiger partial charge in [0.2, 0.25) is 0 Å². The Bertz CT molecular complexity index is 837. The van der Waals surface area contributed by atoms with Crippen LogP contribution in [0, 0.1) is 0 Å². The summed E-state index contributed by atoms with van der Waals surface area (Å²) >= 11 is 0. The van der Waals surface area contributed by atoms with Crippen molar-refractivity contribution in [3.63, 3.8) is 0 Å². The lowest BCUT2D eigenvalue weighted by Gasteiger charge is -2.10. The Kier molecular flexibility index (Phi) is 4.61. The van der Waals surface area contributed by atoms with E-state index in [1.807, 2.05) is 6.07 Å². The summed E-state index contributed by atoms with van der Waals surface area (Å²) < 4.78 is 5.11. The second-order valence-electron chi connectivity index (χ2n) is 5.42. The molecule has 0 saturated heterocycles. The summed E-state index contributed by atoms with van der Waals surface area (Å²) in [5.74, 6) is -1.22. The van der Waals surface area contributed by atoms with E-state index in [9.17, 15) is 14.4 Å². The number of benzene rings is 2. The van der Waals surface area contributed by atoms with Gasteiger partial charge in [0.1, 0.15) is 5.75 Å². The monoisotopic (exact) mass is 337 g/mol. The lowest BCUT2D eigenvalue weighted by molar-refractivity contribution is -0.139. The molecule has 6 heteroatoms. The Morgan fingerprint density at radius 2 is 1.72 bits per heavy atom. The minimum Gasteiger partial charge on any atom is -0.482 e. The highest BCUT2D eigenvalue weighted by atomic mass is 16.5. The minimum absolute atomic E-state index is 0.159. The maximum Gasteiger partial charge on any atom is 0.341 e. The van der Waals surface area contributed by atoms with Crippen LogP contribution in [0.1, 0.15) is 26.3 Å². The van der Waals surface area contributed by atoms with Crippen molar-refractivity contribution >= 4 is 23.9 Å². The average Bonchev–Trinajstić information content (AvgIpc) is 2.86. The molecular weight excluding hydrogens is 322 g/mol. The molecule has 3 rings (SSSR count). The van der Waals surface area contributed by atoms with Gasteiger partial charge in [0.15, 0.2) is 6.61 Å². The second-order valence-corrected chi connectivity index (χ2v) is 5.42. The lowest BCUT2D eigenvalue weighted by atomic mass is 10.1. The molecule has 0 unspecified atom stereocenters. The quantitative estimate of drug-likeness (QED) is 0.819. The Morgan fingerprint density at radius 3 is 2.36 bits per heavy atom. The third-order valence-corrected chi connectivity index (χ3v) is 3.70. The van der Waals surface area contributed by atoms with Crippen LogP contribution < -0.4 is 4.74 Å². The molecular formula is C19H15NO5. The van der Waals surface area contributed by atoms with Gasteiger partial charge >= 0.3 is 5.97 Å². The largest absolute Gasteiger partial charge is 0.482 e. The highest BCUT2D eigenvalue weighted by Crippen LogP contribution is 2.22. The molecule has 1 aliphatic heterocycles. The minimum atomic E-state index is -1.05. The van der Waals surface area contributed by atoms with Crippen LogP contribution in [0.3, 0.4) is 0 Å². The van der Waals surface area contributed by atoms with E-state index in [4.69, 9.17) is 9.84 Å². The van der Waals surface area contributed by atoms with Gasteiger partial charge in [-0.3, -0.25) is 14.5 Å². The standard InChI is InChI=1S/C19H15NO5/c21-17(22)12-25-14-7-3-5-13(11-14)6-4-10-20-18(23)15-8-1-2-9-16(15)19(20)24/h1-9,11H,10,12H2,(H,21,22). The molecule has 0 saturated carbocycles. The number of nitrogens with zero attached hydrogens (tertiary/aromatic N) is 1. The molecule has 1 N–H and O–H groups in total. The van der Waals surface area contributed by atoms with E-state index in [1.165, 1.54) is 4.90 Å². The molecule has 0 bridgehead atoms. The Labute approximate surface area is 143 Å². The summed E-state index contributed by atoms with van der Waals surface area (Å²) in [6.07, 6.45) is 3.45. The number of ether oxygens (including phenoxy) is 1. The summed E-state index contributed by atoms with van der Waals surface area (Å²) in [6, 6.07) is 13.6. The zero-order chi connectivity index (χ0) is 17.8. The third kappa shape index (κ3) is 3.58. The van der Waals surface area contributed by atoms with Crippen molar-refractivity contribution < 1.29 is 24.2 Å². The van der Waals surface area contributed by atoms with Gasteiger partial charge in [-0.25, -0.2) is 4.79 Å². The van der Waals surface area contributed by atoms with E-state index >= 15 is 0 Å². The summed E-state index contributed by atoms with van der Waals surface area (Å²) in [7, 11) is 0. The first-order valence-corrected chi connectivity index (χ1v) is 7.62. The predicted molar refractivity (Wildman–Crippen MR) is 90.4 cm³/mol. The van der Waals surface area contributed by atoms with Gasteiger partial charge in [0.25, 0.3) is 11.8 Å². The van der Waals surface area contributed by atoms with Crippen molar-refractivity contribution in [3.05, 3.63) is 71.3 Å². The fourth-order valence-corrected chi connectivity index (χ4v) is 2.55. The van der Waals surface area contributed by atoms with E-state index in [2.05, 4.69) is 0 Å². The van der Waals surface area contributed by atoms with E-state index < -0.39 is 12.6 Å². The van der Waals surface area contributed by atoms with Crippen molar-refractivity contribution in [2.24, 2.45) is 0 Å². The number of aliphatic carboxylic acids is 1. The SMILES string of the molecule is O=C(O)COc1cccc(C=CCN2C(=O)c3ccccc3C2=O)c1. The number of amides is 2. The normalized spacial score (nSPS) is 13.4. The molecule has 0 spiro atoms. The number of rotatable bonds is 6. The Balaban J connectivity index is 1.66. The van der Waals surface area contributed by atoms with E-state index in [-0.39, 0.29) is 18.4 Å². The third-order valence-electron chi connectivity index (χ3n) is 3.70. The highest BCUT2D eigenvalue weighted by Gasteiger charge is 2.33. The van der Waals surface area contributed by atoms with Gasteiger partial charge in [-0.05, 0) is 29.8 Å².